The van der Waals surface area contributed by atoms with E-state index in [0.29, 0.717) is 13.2 Å². The van der Waals surface area contributed by atoms with Crippen molar-refractivity contribution in [3.8, 4) is 0 Å². The van der Waals surface area contributed by atoms with E-state index in [1.807, 2.05) is 53.6 Å². The summed E-state index contributed by atoms with van der Waals surface area (Å²) in [7, 11) is 1.68. The number of piperidine rings is 1. The second kappa shape index (κ2) is 8.71. The highest BCUT2D eigenvalue weighted by molar-refractivity contribution is 5.94. The number of likely N-dealkylation sites (tertiary alicyclic amines) is 1. The fourth-order valence-electron chi connectivity index (χ4n) is 4.26. The Morgan fingerprint density at radius 3 is 2.68 bits per heavy atom. The Hall–Kier alpha value is -2.86. The van der Waals surface area contributed by atoms with Crippen LogP contribution in [-0.4, -0.2) is 45.9 Å². The minimum Gasteiger partial charge on any atom is -0.380 e. The molecule has 3 heterocycles. The molecule has 2 aromatic heterocycles. The molecule has 1 aromatic carbocycles. The van der Waals surface area contributed by atoms with Crippen molar-refractivity contribution in [2.24, 2.45) is 0 Å². The highest BCUT2D eigenvalue weighted by Gasteiger charge is 2.30. The predicted molar refractivity (Wildman–Crippen MR) is 124 cm³/mol. The van der Waals surface area contributed by atoms with Crippen molar-refractivity contribution in [2.45, 2.75) is 51.7 Å². The molecule has 4 rings (SSSR count). The van der Waals surface area contributed by atoms with Gasteiger partial charge in [0, 0.05) is 43.4 Å². The van der Waals surface area contributed by atoms with Gasteiger partial charge in [0.15, 0.2) is 0 Å². The summed E-state index contributed by atoms with van der Waals surface area (Å²) in [6.07, 6.45) is 4.05. The molecule has 0 radical (unpaired) electrons. The van der Waals surface area contributed by atoms with Crippen LogP contribution in [0, 0.1) is 0 Å². The summed E-state index contributed by atoms with van der Waals surface area (Å²) in [5.41, 5.74) is 3.69. The van der Waals surface area contributed by atoms with Crippen LogP contribution in [0.25, 0.3) is 5.65 Å². The summed E-state index contributed by atoms with van der Waals surface area (Å²) >= 11 is 0. The standard InChI is InChI=1S/C25H32N4O2/c1-25(2,3)27-23-22(26-21-9-5-6-15-29(21)23)20-8-7-14-28(16-20)24(30)19-12-10-18(11-13-19)17-31-4/h5-6,9-13,15,20,27H,7-8,14,16-17H2,1-4H3/t20-/m1/s1. The number of pyridine rings is 1. The molecule has 0 spiro atoms. The molecule has 31 heavy (non-hydrogen) atoms. The van der Waals surface area contributed by atoms with Gasteiger partial charge in [-0.15, -0.1) is 0 Å². The summed E-state index contributed by atoms with van der Waals surface area (Å²) in [5.74, 6) is 1.32. The van der Waals surface area contributed by atoms with Crippen molar-refractivity contribution in [1.82, 2.24) is 14.3 Å². The van der Waals surface area contributed by atoms with Crippen LogP contribution in [0.4, 0.5) is 5.82 Å². The predicted octanol–water partition coefficient (Wildman–Crippen LogP) is 4.71. The van der Waals surface area contributed by atoms with Crippen molar-refractivity contribution in [2.75, 3.05) is 25.5 Å². The molecule has 0 bridgehead atoms. The number of nitrogens with one attached hydrogen (secondary N) is 1. The average Bonchev–Trinajstić information content (AvgIpc) is 3.11. The Bertz CT molecular complexity index is 1050. The second-order valence-electron chi connectivity index (χ2n) is 9.37. The fourth-order valence-corrected chi connectivity index (χ4v) is 4.26. The number of carbonyl (C=O) groups excluding carboxylic acids is 1. The molecule has 0 saturated carbocycles. The van der Waals surface area contributed by atoms with Crippen LogP contribution in [0.5, 0.6) is 0 Å². The molecule has 3 aromatic rings. The summed E-state index contributed by atoms with van der Waals surface area (Å²) in [5, 5.41) is 3.65. The lowest BCUT2D eigenvalue weighted by Crippen LogP contribution is -2.39. The van der Waals surface area contributed by atoms with E-state index in [4.69, 9.17) is 9.72 Å². The Morgan fingerprint density at radius 2 is 1.97 bits per heavy atom. The Morgan fingerprint density at radius 1 is 1.19 bits per heavy atom. The lowest BCUT2D eigenvalue weighted by molar-refractivity contribution is 0.0706. The van der Waals surface area contributed by atoms with Crippen molar-refractivity contribution in [3.05, 3.63) is 65.5 Å². The Kier molecular flexibility index (Phi) is 6.01. The Labute approximate surface area is 184 Å². The molecule has 1 amide bonds. The molecule has 1 aliphatic heterocycles. The molecule has 1 fully saturated rings. The number of nitrogens with zero attached hydrogens (tertiary/aromatic N) is 3. The lowest BCUT2D eigenvalue weighted by atomic mass is 9.93. The van der Waals surface area contributed by atoms with Crippen LogP contribution in [0.3, 0.4) is 0 Å². The van der Waals surface area contributed by atoms with Crippen molar-refractivity contribution < 1.29 is 9.53 Å². The van der Waals surface area contributed by atoms with Crippen LogP contribution in [0.15, 0.2) is 48.7 Å². The monoisotopic (exact) mass is 420 g/mol. The minimum absolute atomic E-state index is 0.0859. The third kappa shape index (κ3) is 4.74. The molecule has 1 N–H and O–H groups in total. The number of hydrogen-bond donors (Lipinski definition) is 1. The summed E-state index contributed by atoms with van der Waals surface area (Å²) < 4.78 is 7.29. The van der Waals surface area contributed by atoms with Gasteiger partial charge in [0.05, 0.1) is 12.3 Å². The highest BCUT2D eigenvalue weighted by Crippen LogP contribution is 2.34. The molecule has 164 valence electrons. The third-order valence-corrected chi connectivity index (χ3v) is 5.66. The summed E-state index contributed by atoms with van der Waals surface area (Å²) in [6, 6.07) is 13.8. The van der Waals surface area contributed by atoms with Gasteiger partial charge in [-0.05, 0) is 63.4 Å². The Balaban J connectivity index is 1.59. The number of carbonyl (C=O) groups is 1. The number of benzene rings is 1. The number of anilines is 1. The highest BCUT2D eigenvalue weighted by atomic mass is 16.5. The first kappa shape index (κ1) is 21.4. The zero-order valence-corrected chi connectivity index (χ0v) is 18.9. The number of amides is 1. The van der Waals surface area contributed by atoms with E-state index in [1.54, 1.807) is 7.11 Å². The number of methoxy groups -OCH3 is 1. The molecule has 0 unspecified atom stereocenters. The van der Waals surface area contributed by atoms with Crippen LogP contribution >= 0.6 is 0 Å². The molecule has 1 atom stereocenters. The van der Waals surface area contributed by atoms with E-state index in [-0.39, 0.29) is 17.4 Å². The zero-order valence-electron chi connectivity index (χ0n) is 18.9. The number of hydrogen-bond acceptors (Lipinski definition) is 4. The molecule has 1 saturated heterocycles. The van der Waals surface area contributed by atoms with Crippen molar-refractivity contribution in [1.29, 1.82) is 0 Å². The number of imidazole rings is 1. The quantitative estimate of drug-likeness (QED) is 0.649. The fraction of sp³-hybridized carbons (Fsp3) is 0.440. The van der Waals surface area contributed by atoms with Crippen LogP contribution in [0.2, 0.25) is 0 Å². The molecule has 6 nitrogen and oxygen atoms in total. The first-order chi connectivity index (χ1) is 14.9. The second-order valence-corrected chi connectivity index (χ2v) is 9.37. The van der Waals surface area contributed by atoms with E-state index in [0.717, 1.165) is 47.7 Å². The maximum absolute atomic E-state index is 13.2. The largest absolute Gasteiger partial charge is 0.380 e. The number of ether oxygens (including phenoxy) is 1. The van der Waals surface area contributed by atoms with Gasteiger partial charge in [0.2, 0.25) is 0 Å². The number of rotatable bonds is 5. The molecule has 1 aliphatic rings. The van der Waals surface area contributed by atoms with Gasteiger partial charge in [-0.1, -0.05) is 18.2 Å². The maximum atomic E-state index is 13.2. The first-order valence-corrected chi connectivity index (χ1v) is 11.0. The van der Waals surface area contributed by atoms with Gasteiger partial charge in [0.25, 0.3) is 5.91 Å². The van der Waals surface area contributed by atoms with Gasteiger partial charge in [-0.2, -0.15) is 0 Å². The number of aromatic nitrogens is 2. The zero-order chi connectivity index (χ0) is 22.0. The lowest BCUT2D eigenvalue weighted by Gasteiger charge is -2.33. The van der Waals surface area contributed by atoms with Crippen LogP contribution in [0.1, 0.15) is 61.1 Å². The molecular weight excluding hydrogens is 388 g/mol. The third-order valence-electron chi connectivity index (χ3n) is 5.66. The van der Waals surface area contributed by atoms with E-state index in [2.05, 4.69) is 30.5 Å². The minimum atomic E-state index is -0.0886. The van der Waals surface area contributed by atoms with Gasteiger partial charge < -0.3 is 15.0 Å². The van der Waals surface area contributed by atoms with Crippen molar-refractivity contribution >= 4 is 17.4 Å². The van der Waals surface area contributed by atoms with Gasteiger partial charge in [-0.25, -0.2) is 4.98 Å². The van der Waals surface area contributed by atoms with Crippen molar-refractivity contribution in [3.63, 3.8) is 0 Å². The van der Waals surface area contributed by atoms with Gasteiger partial charge in [0.1, 0.15) is 11.5 Å². The van der Waals surface area contributed by atoms with E-state index in [9.17, 15) is 4.79 Å². The molecule has 0 aliphatic carbocycles. The maximum Gasteiger partial charge on any atom is 0.253 e. The SMILES string of the molecule is COCc1ccc(C(=O)N2CCC[C@@H](c3nc4ccccn4c3NC(C)(C)C)C2)cc1. The summed E-state index contributed by atoms with van der Waals surface area (Å²) in [6.45, 7) is 8.48. The van der Waals surface area contributed by atoms with Gasteiger partial charge >= 0.3 is 0 Å². The smallest absolute Gasteiger partial charge is 0.253 e. The summed E-state index contributed by atoms with van der Waals surface area (Å²) in [4.78, 5) is 20.1. The normalized spacial score (nSPS) is 17.2. The van der Waals surface area contributed by atoms with Crippen LogP contribution < -0.4 is 5.32 Å². The number of fused-ring (bicyclic) bond motifs is 1. The first-order valence-electron chi connectivity index (χ1n) is 11.0. The average molecular weight is 421 g/mol. The van der Waals surface area contributed by atoms with E-state index in [1.165, 1.54) is 0 Å². The van der Waals surface area contributed by atoms with Gasteiger partial charge in [-0.3, -0.25) is 9.20 Å². The molecular formula is C25H32N4O2. The topological polar surface area (TPSA) is 58.9 Å². The van der Waals surface area contributed by atoms with E-state index >= 15 is 0 Å². The van der Waals surface area contributed by atoms with E-state index < -0.39 is 0 Å². The molecule has 6 heteroatoms. The van der Waals surface area contributed by atoms with Crippen LogP contribution in [-0.2, 0) is 11.3 Å².